The van der Waals surface area contributed by atoms with Crippen molar-refractivity contribution in [2.45, 2.75) is 236 Å². The maximum absolute atomic E-state index is 12.8. The van der Waals surface area contributed by atoms with Gasteiger partial charge >= 0.3 is 101 Å². The number of phosphoric acid groups is 2. The van der Waals surface area contributed by atoms with Gasteiger partial charge in [-0.2, -0.15) is 0 Å². The van der Waals surface area contributed by atoms with Crippen LogP contribution >= 0.6 is 15.6 Å². The van der Waals surface area contributed by atoms with E-state index < -0.39 is 83.5 Å². The molecule has 350 valence electrons. The second kappa shape index (κ2) is 41.9. The maximum Gasteiger partial charge on any atom is 1.00 e. The predicted molar refractivity (Wildman–Crippen MR) is 216 cm³/mol. The summed E-state index contributed by atoms with van der Waals surface area (Å²) >= 11 is 0. The minimum atomic E-state index is -5.81. The van der Waals surface area contributed by atoms with Gasteiger partial charge in [-0.05, 0) is 12.8 Å². The average Bonchev–Trinajstić information content (AvgIpc) is 3.18. The first-order valence-corrected chi connectivity index (χ1v) is 25.5. The van der Waals surface area contributed by atoms with Crippen molar-refractivity contribution in [2.75, 3.05) is 13.2 Å². The summed E-state index contributed by atoms with van der Waals surface area (Å²) in [6.45, 7) is 3.00. The number of aliphatic hydroxyl groups is 4. The summed E-state index contributed by atoms with van der Waals surface area (Å²) in [6.07, 6.45) is 14.1. The SMILES string of the molecule is CCCCCCCCCCCCCCCC(=O)OC[C@H](COP(=O)([O-])OC1[C@H](O)[C@H](O)C(OP(=O)([O-])[O-])[C@H](O)[C@H]1O)OC(=O)CCCCCCCCCCCCCCC.[Na+].[Na+].[Na+]. The minimum Gasteiger partial charge on any atom is -0.790 e. The fourth-order valence-electron chi connectivity index (χ4n) is 7.13. The van der Waals surface area contributed by atoms with Gasteiger partial charge in [0, 0.05) is 12.8 Å². The molecule has 62 heavy (non-hydrogen) atoms. The fraction of sp³-hybridized carbons (Fsp3) is 0.951. The molecule has 0 aromatic rings. The minimum absolute atomic E-state index is 0. The number of unbranched alkanes of at least 4 members (excludes halogenated alkanes) is 24. The maximum atomic E-state index is 12.8. The summed E-state index contributed by atoms with van der Waals surface area (Å²) in [7, 11) is -11.3. The predicted octanol–water partition coefficient (Wildman–Crippen LogP) is -3.04. The zero-order valence-electron chi connectivity index (χ0n) is 38.8. The van der Waals surface area contributed by atoms with E-state index in [0.717, 1.165) is 51.4 Å². The van der Waals surface area contributed by atoms with E-state index in [1.54, 1.807) is 0 Å². The molecule has 0 bridgehead atoms. The van der Waals surface area contributed by atoms with Gasteiger partial charge in [0.2, 0.25) is 0 Å². The van der Waals surface area contributed by atoms with Gasteiger partial charge in [0.25, 0.3) is 7.82 Å². The van der Waals surface area contributed by atoms with Gasteiger partial charge in [-0.25, -0.2) is 0 Å². The van der Waals surface area contributed by atoms with E-state index in [9.17, 15) is 53.8 Å². The van der Waals surface area contributed by atoms with Gasteiger partial charge in [0.05, 0.1) is 14.4 Å². The summed E-state index contributed by atoms with van der Waals surface area (Å²) in [5.41, 5.74) is 0. The van der Waals surface area contributed by atoms with Gasteiger partial charge in [-0.15, -0.1) is 0 Å². The molecule has 0 saturated heterocycles. The molecule has 0 aromatic heterocycles. The smallest absolute Gasteiger partial charge is 0.790 e. The Balaban J connectivity index is -0.0000116. The number of carbonyl (C=O) groups excluding carboxylic acids is 2. The first-order valence-electron chi connectivity index (χ1n) is 22.5. The van der Waals surface area contributed by atoms with Crippen LogP contribution in [0.4, 0.5) is 0 Å². The average molecular weight is 957 g/mol. The molecule has 0 aliphatic heterocycles. The number of aliphatic hydroxyl groups excluding tert-OH is 4. The van der Waals surface area contributed by atoms with Crippen LogP contribution in [0.15, 0.2) is 0 Å². The molecule has 0 amide bonds. The summed E-state index contributed by atoms with van der Waals surface area (Å²) < 4.78 is 48.1. The Morgan fingerprint density at radius 3 is 1.13 bits per heavy atom. The molecule has 21 heteroatoms. The van der Waals surface area contributed by atoms with E-state index in [0.29, 0.717) is 12.8 Å². The van der Waals surface area contributed by atoms with Crippen LogP contribution in [0.3, 0.4) is 0 Å². The zero-order valence-corrected chi connectivity index (χ0v) is 46.6. The number of carbonyl (C=O) groups is 2. The van der Waals surface area contributed by atoms with Gasteiger partial charge in [0.1, 0.15) is 43.2 Å². The van der Waals surface area contributed by atoms with Gasteiger partial charge < -0.3 is 62.7 Å². The van der Waals surface area contributed by atoms with Crippen molar-refractivity contribution < 1.29 is 166 Å². The van der Waals surface area contributed by atoms with Crippen molar-refractivity contribution in [2.24, 2.45) is 0 Å². The molecule has 1 aliphatic carbocycles. The van der Waals surface area contributed by atoms with Crippen LogP contribution in [-0.2, 0) is 41.8 Å². The Morgan fingerprint density at radius 1 is 0.484 bits per heavy atom. The van der Waals surface area contributed by atoms with Crippen LogP contribution in [0.1, 0.15) is 194 Å². The normalized spacial score (nSPS) is 21.4. The number of esters is 2. The Hall–Kier alpha value is 2.00. The van der Waals surface area contributed by atoms with Crippen LogP contribution in [0.25, 0.3) is 0 Å². The summed E-state index contributed by atoms with van der Waals surface area (Å²) in [5.74, 6) is -1.23. The Labute approximate surface area is 438 Å². The van der Waals surface area contributed by atoms with Crippen LogP contribution in [-0.4, -0.2) is 88.3 Å². The van der Waals surface area contributed by atoms with Gasteiger partial charge in [-0.1, -0.05) is 168 Å². The molecule has 0 spiro atoms. The fourth-order valence-corrected chi connectivity index (χ4v) is 8.63. The van der Waals surface area contributed by atoms with E-state index >= 15 is 0 Å². The molecule has 1 fully saturated rings. The molecule has 8 atom stereocenters. The first kappa shape index (κ1) is 68.3. The molecule has 1 saturated carbocycles. The van der Waals surface area contributed by atoms with Crippen LogP contribution < -0.4 is 103 Å². The van der Waals surface area contributed by atoms with E-state index in [4.69, 9.17) is 18.5 Å². The number of hydrogen-bond acceptors (Lipinski definition) is 16. The topological polar surface area (TPSA) is 265 Å². The van der Waals surface area contributed by atoms with Crippen molar-refractivity contribution in [1.29, 1.82) is 0 Å². The molecule has 0 aromatic carbocycles. The Kier molecular flexibility index (Phi) is 46.2. The van der Waals surface area contributed by atoms with Crippen LogP contribution in [0.5, 0.6) is 0 Å². The third-order valence-electron chi connectivity index (χ3n) is 10.7. The summed E-state index contributed by atoms with van der Waals surface area (Å²) in [5, 5.41) is 41.1. The second-order valence-corrected chi connectivity index (χ2v) is 18.5. The van der Waals surface area contributed by atoms with E-state index in [2.05, 4.69) is 18.4 Å². The number of phosphoric ester groups is 2. The summed E-state index contributed by atoms with van der Waals surface area (Å²) in [4.78, 5) is 60.1. The van der Waals surface area contributed by atoms with Crippen LogP contribution in [0.2, 0.25) is 0 Å². The third-order valence-corrected chi connectivity index (χ3v) is 12.1. The molecular weight excluding hydrogens is 879 g/mol. The first-order chi connectivity index (χ1) is 28.1. The molecule has 0 heterocycles. The van der Waals surface area contributed by atoms with Gasteiger partial charge in [-0.3, -0.25) is 14.2 Å². The number of ether oxygens (including phenoxy) is 2. The largest absolute Gasteiger partial charge is 1.00 e. The molecule has 3 unspecified atom stereocenters. The van der Waals surface area contributed by atoms with Crippen molar-refractivity contribution in [1.82, 2.24) is 0 Å². The molecule has 1 aliphatic rings. The number of rotatable bonds is 38. The Bertz CT molecular complexity index is 1170. The Morgan fingerprint density at radius 2 is 0.790 bits per heavy atom. The quantitative estimate of drug-likeness (QED) is 0.0208. The second-order valence-electron chi connectivity index (χ2n) is 16.1. The van der Waals surface area contributed by atoms with Crippen molar-refractivity contribution in [3.05, 3.63) is 0 Å². The molecule has 16 nitrogen and oxygen atoms in total. The molecule has 4 N–H and O–H groups in total. The van der Waals surface area contributed by atoms with Gasteiger partial charge in [0.15, 0.2) is 6.10 Å². The standard InChI is InChI=1S/C41H80O16P2.3Na/c1-3-5-7-9-11-13-15-17-19-21-23-25-27-29-34(42)53-31-33(55-35(43)30-28-26-24-22-20-18-16-14-12-10-8-6-4-2)32-54-59(51,52)57-41-38(46)36(44)40(37(45)39(41)47)56-58(48,49)50;;;/h33,36-41,44-47H,3-32H2,1-2H3,(H,51,52)(H2,48,49,50);;;/q;3*+1/p-3/t33-,36-,37+,38-,39-,40?,41?;;;/m1.../s1. The van der Waals surface area contributed by atoms with Crippen molar-refractivity contribution in [3.8, 4) is 0 Å². The number of hydrogen-bond donors (Lipinski definition) is 4. The third kappa shape index (κ3) is 35.2. The van der Waals surface area contributed by atoms with E-state index in [1.165, 1.54) is 103 Å². The molecule has 0 radical (unpaired) electrons. The summed E-state index contributed by atoms with van der Waals surface area (Å²) in [6, 6.07) is 0. The van der Waals surface area contributed by atoms with Crippen molar-refractivity contribution >= 4 is 27.6 Å². The van der Waals surface area contributed by atoms with Crippen LogP contribution in [0, 0.1) is 0 Å². The molecule has 1 rings (SSSR count). The van der Waals surface area contributed by atoms with E-state index in [-0.39, 0.29) is 102 Å². The van der Waals surface area contributed by atoms with Crippen molar-refractivity contribution in [3.63, 3.8) is 0 Å². The monoisotopic (exact) mass is 956 g/mol. The molecular formula is C41H77Na3O16P2. The zero-order chi connectivity index (χ0) is 43.9. The van der Waals surface area contributed by atoms with E-state index in [1.807, 2.05) is 0 Å².